The maximum Gasteiger partial charge on any atom is 0.0582 e. The largest absolute Gasteiger partial charge is 0.395 e. The van der Waals surface area contributed by atoms with Gasteiger partial charge in [-0.25, -0.2) is 0 Å². The fourth-order valence-corrected chi connectivity index (χ4v) is 1.46. The molecule has 3 atom stereocenters. The molecule has 0 rings (SSSR count). The van der Waals surface area contributed by atoms with Crippen LogP contribution in [0.4, 0.5) is 0 Å². The molecular weight excluding hydrogens is 162 g/mol. The van der Waals surface area contributed by atoms with E-state index < -0.39 is 0 Å². The molecule has 2 N–H and O–H groups in total. The van der Waals surface area contributed by atoms with Crippen LogP contribution in [-0.4, -0.2) is 23.8 Å². The van der Waals surface area contributed by atoms with E-state index >= 15 is 0 Å². The van der Waals surface area contributed by atoms with Gasteiger partial charge in [-0.05, 0) is 25.7 Å². The molecule has 80 valence electrons. The zero-order chi connectivity index (χ0) is 10.3. The lowest BCUT2D eigenvalue weighted by Gasteiger charge is -2.23. The fraction of sp³-hybridized carbons (Fsp3) is 1.00. The summed E-state index contributed by atoms with van der Waals surface area (Å²) >= 11 is 0. The zero-order valence-electron chi connectivity index (χ0n) is 9.51. The lowest BCUT2D eigenvalue weighted by atomic mass is 9.97. The van der Waals surface area contributed by atoms with E-state index in [0.717, 1.165) is 12.3 Å². The zero-order valence-corrected chi connectivity index (χ0v) is 9.51. The highest BCUT2D eigenvalue weighted by Gasteiger charge is 2.12. The molecule has 0 radical (unpaired) electrons. The van der Waals surface area contributed by atoms with Crippen molar-refractivity contribution in [3.05, 3.63) is 0 Å². The van der Waals surface area contributed by atoms with Crippen molar-refractivity contribution < 1.29 is 5.11 Å². The van der Waals surface area contributed by atoms with Crippen LogP contribution >= 0.6 is 0 Å². The van der Waals surface area contributed by atoms with E-state index in [-0.39, 0.29) is 12.6 Å². The Morgan fingerprint density at radius 1 is 1.15 bits per heavy atom. The molecule has 0 bridgehead atoms. The van der Waals surface area contributed by atoms with Crippen molar-refractivity contribution >= 4 is 0 Å². The van der Waals surface area contributed by atoms with Crippen molar-refractivity contribution in [2.45, 2.75) is 59.0 Å². The molecule has 0 amide bonds. The molecule has 0 aliphatic heterocycles. The second kappa shape index (κ2) is 7.34. The van der Waals surface area contributed by atoms with Gasteiger partial charge in [0.15, 0.2) is 0 Å². The van der Waals surface area contributed by atoms with Crippen LogP contribution < -0.4 is 5.32 Å². The third-order valence-corrected chi connectivity index (χ3v) is 2.67. The van der Waals surface area contributed by atoms with Crippen LogP contribution in [0, 0.1) is 5.92 Å². The number of rotatable bonds is 7. The Bertz CT molecular complexity index is 105. The van der Waals surface area contributed by atoms with Gasteiger partial charge in [0.25, 0.3) is 0 Å². The molecule has 0 fully saturated rings. The van der Waals surface area contributed by atoms with Crippen LogP contribution in [0.1, 0.15) is 47.0 Å². The minimum Gasteiger partial charge on any atom is -0.395 e. The smallest absolute Gasteiger partial charge is 0.0582 e. The first-order chi connectivity index (χ1) is 6.13. The predicted octanol–water partition coefficient (Wildman–Crippen LogP) is 2.17. The molecule has 0 saturated heterocycles. The molecule has 0 aromatic carbocycles. The number of nitrogens with one attached hydrogen (secondary N) is 1. The molecule has 0 aromatic rings. The molecular formula is C11H25NO. The van der Waals surface area contributed by atoms with Gasteiger partial charge in [-0.15, -0.1) is 0 Å². The minimum atomic E-state index is 0.231. The normalized spacial score (nSPS) is 18.2. The SMILES string of the molecule is CC[C@H](C)C[C@@H](CC)N[C@@H](C)CO. The second-order valence-electron chi connectivity index (χ2n) is 4.10. The highest BCUT2D eigenvalue weighted by atomic mass is 16.3. The molecule has 0 aliphatic rings. The summed E-state index contributed by atoms with van der Waals surface area (Å²) in [6.45, 7) is 8.97. The van der Waals surface area contributed by atoms with E-state index in [4.69, 9.17) is 5.11 Å². The highest BCUT2D eigenvalue weighted by molar-refractivity contribution is 4.71. The second-order valence-corrected chi connectivity index (χ2v) is 4.10. The van der Waals surface area contributed by atoms with E-state index in [0.29, 0.717) is 6.04 Å². The maximum atomic E-state index is 8.91. The van der Waals surface area contributed by atoms with Gasteiger partial charge < -0.3 is 10.4 Å². The topological polar surface area (TPSA) is 32.3 Å². The van der Waals surface area contributed by atoms with Crippen molar-refractivity contribution in [1.82, 2.24) is 5.32 Å². The van der Waals surface area contributed by atoms with E-state index in [9.17, 15) is 0 Å². The van der Waals surface area contributed by atoms with Gasteiger partial charge in [-0.1, -0.05) is 27.2 Å². The molecule has 0 saturated carbocycles. The Kier molecular flexibility index (Phi) is 7.29. The minimum absolute atomic E-state index is 0.231. The third kappa shape index (κ3) is 6.05. The Morgan fingerprint density at radius 2 is 1.77 bits per heavy atom. The molecule has 2 nitrogen and oxygen atoms in total. The summed E-state index contributed by atoms with van der Waals surface area (Å²) in [4.78, 5) is 0. The van der Waals surface area contributed by atoms with Gasteiger partial charge in [0.05, 0.1) is 6.61 Å². The molecule has 0 unspecified atom stereocenters. The quantitative estimate of drug-likeness (QED) is 0.640. The first-order valence-corrected chi connectivity index (χ1v) is 5.50. The van der Waals surface area contributed by atoms with Crippen molar-refractivity contribution in [1.29, 1.82) is 0 Å². The van der Waals surface area contributed by atoms with Crippen LogP contribution in [0.3, 0.4) is 0 Å². The van der Waals surface area contributed by atoms with Crippen LogP contribution in [0.2, 0.25) is 0 Å². The first kappa shape index (κ1) is 12.9. The van der Waals surface area contributed by atoms with Crippen LogP contribution in [0.15, 0.2) is 0 Å². The van der Waals surface area contributed by atoms with E-state index in [2.05, 4.69) is 26.1 Å². The molecule has 0 heterocycles. The number of hydrogen-bond acceptors (Lipinski definition) is 2. The lowest BCUT2D eigenvalue weighted by molar-refractivity contribution is 0.231. The fourth-order valence-electron chi connectivity index (χ4n) is 1.46. The third-order valence-electron chi connectivity index (χ3n) is 2.67. The Labute approximate surface area is 82.7 Å². The lowest BCUT2D eigenvalue weighted by Crippen LogP contribution is -2.39. The van der Waals surface area contributed by atoms with Gasteiger partial charge in [-0.3, -0.25) is 0 Å². The number of aliphatic hydroxyl groups excluding tert-OH is 1. The average molecular weight is 187 g/mol. The predicted molar refractivity (Wildman–Crippen MR) is 57.8 cm³/mol. The first-order valence-electron chi connectivity index (χ1n) is 5.50. The van der Waals surface area contributed by atoms with Gasteiger partial charge >= 0.3 is 0 Å². The molecule has 13 heavy (non-hydrogen) atoms. The monoisotopic (exact) mass is 187 g/mol. The highest BCUT2D eigenvalue weighted by Crippen LogP contribution is 2.12. The summed E-state index contributed by atoms with van der Waals surface area (Å²) < 4.78 is 0. The Hall–Kier alpha value is -0.0800. The molecule has 2 heteroatoms. The van der Waals surface area contributed by atoms with Crippen molar-refractivity contribution in [2.75, 3.05) is 6.61 Å². The van der Waals surface area contributed by atoms with Crippen LogP contribution in [0.25, 0.3) is 0 Å². The van der Waals surface area contributed by atoms with Crippen molar-refractivity contribution in [2.24, 2.45) is 5.92 Å². The Balaban J connectivity index is 3.74. The number of aliphatic hydroxyl groups is 1. The Morgan fingerprint density at radius 3 is 2.15 bits per heavy atom. The maximum absolute atomic E-state index is 8.91. The molecule has 0 aromatic heterocycles. The van der Waals surface area contributed by atoms with E-state index in [1.807, 2.05) is 6.92 Å². The summed E-state index contributed by atoms with van der Waals surface area (Å²) in [5, 5.41) is 12.3. The van der Waals surface area contributed by atoms with Gasteiger partial charge in [0.2, 0.25) is 0 Å². The summed E-state index contributed by atoms with van der Waals surface area (Å²) in [6.07, 6.45) is 3.61. The van der Waals surface area contributed by atoms with Crippen LogP contribution in [0.5, 0.6) is 0 Å². The number of hydrogen-bond donors (Lipinski definition) is 2. The average Bonchev–Trinajstić information content (AvgIpc) is 2.16. The van der Waals surface area contributed by atoms with E-state index in [1.165, 1.54) is 12.8 Å². The van der Waals surface area contributed by atoms with Crippen LogP contribution in [-0.2, 0) is 0 Å². The summed E-state index contributed by atoms with van der Waals surface area (Å²) in [6, 6.07) is 0.797. The molecule has 0 spiro atoms. The van der Waals surface area contributed by atoms with Gasteiger partial charge in [-0.2, -0.15) is 0 Å². The van der Waals surface area contributed by atoms with E-state index in [1.54, 1.807) is 0 Å². The summed E-state index contributed by atoms with van der Waals surface area (Å²) in [5.41, 5.74) is 0. The standard InChI is InChI=1S/C11H25NO/c1-5-9(3)7-11(6-2)12-10(4)8-13/h9-13H,5-8H2,1-4H3/t9-,10-,11+/m0/s1. The molecule has 0 aliphatic carbocycles. The summed E-state index contributed by atoms with van der Waals surface area (Å²) in [7, 11) is 0. The van der Waals surface area contributed by atoms with Gasteiger partial charge in [0, 0.05) is 12.1 Å². The van der Waals surface area contributed by atoms with Crippen molar-refractivity contribution in [3.8, 4) is 0 Å². The summed E-state index contributed by atoms with van der Waals surface area (Å²) in [5.74, 6) is 0.781. The van der Waals surface area contributed by atoms with Gasteiger partial charge in [0.1, 0.15) is 0 Å². The van der Waals surface area contributed by atoms with Crippen molar-refractivity contribution in [3.63, 3.8) is 0 Å².